The molecule has 3 N–H and O–H groups in total. The second-order valence-corrected chi connectivity index (χ2v) is 4.62. The first-order valence-electron chi connectivity index (χ1n) is 5.87. The van der Waals surface area contributed by atoms with Crippen LogP contribution < -0.4 is 11.2 Å². The van der Waals surface area contributed by atoms with Gasteiger partial charge in [0.1, 0.15) is 0 Å². The lowest BCUT2D eigenvalue weighted by Gasteiger charge is -2.15. The van der Waals surface area contributed by atoms with Crippen molar-refractivity contribution in [3.63, 3.8) is 0 Å². The van der Waals surface area contributed by atoms with Crippen LogP contribution in [0.4, 0.5) is 26.3 Å². The van der Waals surface area contributed by atoms with E-state index in [2.05, 4.69) is 22.7 Å². The number of hydrazone groups is 1. The number of benzene rings is 1. The normalized spacial score (nSPS) is 13.1. The standard InChI is InChI=1S/C12H11F6N3S/c1-2-9(20-21-10(19)22)6-3-7(11(13,14)15)5-8(4-6)12(16,17)18/h3-5H,2H2,1H3,(H3,19,21,22)/b20-9+. The zero-order chi connectivity index (χ0) is 17.1. The van der Waals surface area contributed by atoms with E-state index >= 15 is 0 Å². The van der Waals surface area contributed by atoms with E-state index < -0.39 is 23.5 Å². The number of alkyl halides is 6. The molecule has 0 aromatic heterocycles. The fraction of sp³-hybridized carbons (Fsp3) is 0.333. The molecule has 0 aliphatic carbocycles. The third-order valence-corrected chi connectivity index (χ3v) is 2.65. The summed E-state index contributed by atoms with van der Waals surface area (Å²) in [6.07, 6.45) is -9.74. The van der Waals surface area contributed by atoms with Gasteiger partial charge in [0.25, 0.3) is 0 Å². The Labute approximate surface area is 127 Å². The number of nitrogens with zero attached hydrogens (tertiary/aromatic N) is 1. The lowest BCUT2D eigenvalue weighted by Crippen LogP contribution is -2.25. The van der Waals surface area contributed by atoms with Crippen molar-refractivity contribution < 1.29 is 26.3 Å². The van der Waals surface area contributed by atoms with Gasteiger partial charge in [0.2, 0.25) is 0 Å². The molecule has 0 saturated carbocycles. The average molecular weight is 343 g/mol. The van der Waals surface area contributed by atoms with Crippen molar-refractivity contribution in [3.8, 4) is 0 Å². The first kappa shape index (κ1) is 18.2. The highest BCUT2D eigenvalue weighted by Gasteiger charge is 2.37. The molecule has 0 fully saturated rings. The highest BCUT2D eigenvalue weighted by molar-refractivity contribution is 7.80. The van der Waals surface area contributed by atoms with E-state index in [0.717, 1.165) is 0 Å². The zero-order valence-corrected chi connectivity index (χ0v) is 12.0. The van der Waals surface area contributed by atoms with Crippen LogP contribution in [0.25, 0.3) is 0 Å². The lowest BCUT2D eigenvalue weighted by atomic mass is 10.0. The van der Waals surface area contributed by atoms with Crippen molar-refractivity contribution in [2.75, 3.05) is 0 Å². The number of thiocarbonyl (C=S) groups is 1. The maximum Gasteiger partial charge on any atom is 0.416 e. The monoisotopic (exact) mass is 343 g/mol. The van der Waals surface area contributed by atoms with Gasteiger partial charge in [-0.1, -0.05) is 6.92 Å². The number of nitrogens with two attached hydrogens (primary N) is 1. The molecule has 22 heavy (non-hydrogen) atoms. The number of halogens is 6. The summed E-state index contributed by atoms with van der Waals surface area (Å²) in [5, 5.41) is 3.37. The van der Waals surface area contributed by atoms with E-state index in [9.17, 15) is 26.3 Å². The SMILES string of the molecule is CC/C(=N\NC(N)=S)c1cc(C(F)(F)F)cc(C(F)(F)F)c1. The van der Waals surface area contributed by atoms with Crippen molar-refractivity contribution in [1.29, 1.82) is 0 Å². The molecule has 1 aromatic rings. The molecular weight excluding hydrogens is 332 g/mol. The minimum Gasteiger partial charge on any atom is -0.375 e. The van der Waals surface area contributed by atoms with Crippen LogP contribution in [-0.4, -0.2) is 10.8 Å². The summed E-state index contributed by atoms with van der Waals surface area (Å²) in [7, 11) is 0. The van der Waals surface area contributed by atoms with Crippen molar-refractivity contribution in [2.45, 2.75) is 25.7 Å². The molecule has 122 valence electrons. The lowest BCUT2D eigenvalue weighted by molar-refractivity contribution is -0.143. The summed E-state index contributed by atoms with van der Waals surface area (Å²) in [6.45, 7) is 1.52. The molecule has 0 unspecified atom stereocenters. The van der Waals surface area contributed by atoms with Gasteiger partial charge in [-0.25, -0.2) is 0 Å². The Morgan fingerprint density at radius 1 is 1.09 bits per heavy atom. The minimum atomic E-state index is -4.91. The van der Waals surface area contributed by atoms with E-state index in [4.69, 9.17) is 5.73 Å². The van der Waals surface area contributed by atoms with E-state index in [0.29, 0.717) is 12.1 Å². The molecular formula is C12H11F6N3S. The molecule has 0 atom stereocenters. The molecule has 0 saturated heterocycles. The molecule has 1 rings (SSSR count). The molecule has 0 heterocycles. The van der Waals surface area contributed by atoms with Gasteiger partial charge in [0.05, 0.1) is 16.8 Å². The Morgan fingerprint density at radius 2 is 1.55 bits per heavy atom. The highest BCUT2D eigenvalue weighted by Crippen LogP contribution is 2.36. The third-order valence-electron chi connectivity index (χ3n) is 2.56. The quantitative estimate of drug-likeness (QED) is 0.381. The number of hydrogen-bond donors (Lipinski definition) is 2. The number of hydrogen-bond acceptors (Lipinski definition) is 2. The van der Waals surface area contributed by atoms with Gasteiger partial charge in [-0.2, -0.15) is 31.4 Å². The van der Waals surface area contributed by atoms with Crippen LogP contribution in [0.3, 0.4) is 0 Å². The van der Waals surface area contributed by atoms with Gasteiger partial charge in [-0.3, -0.25) is 5.43 Å². The van der Waals surface area contributed by atoms with Gasteiger partial charge in [-0.15, -0.1) is 0 Å². The summed E-state index contributed by atoms with van der Waals surface area (Å²) in [5.74, 6) is 0. The summed E-state index contributed by atoms with van der Waals surface area (Å²) in [5.41, 5.74) is 4.10. The molecule has 0 spiro atoms. The van der Waals surface area contributed by atoms with Crippen LogP contribution in [0.1, 0.15) is 30.0 Å². The zero-order valence-electron chi connectivity index (χ0n) is 11.1. The Balaban J connectivity index is 3.46. The second-order valence-electron chi connectivity index (χ2n) is 4.18. The maximum absolute atomic E-state index is 12.8. The largest absolute Gasteiger partial charge is 0.416 e. The molecule has 3 nitrogen and oxygen atoms in total. The molecule has 10 heteroatoms. The summed E-state index contributed by atoms with van der Waals surface area (Å²) in [4.78, 5) is 0. The van der Waals surface area contributed by atoms with Gasteiger partial charge in [-0.05, 0) is 42.4 Å². The molecule has 0 radical (unpaired) electrons. The van der Waals surface area contributed by atoms with Crippen LogP contribution in [0, 0.1) is 0 Å². The van der Waals surface area contributed by atoms with Crippen molar-refractivity contribution >= 4 is 23.0 Å². The van der Waals surface area contributed by atoms with Crippen molar-refractivity contribution in [2.24, 2.45) is 10.8 Å². The van der Waals surface area contributed by atoms with E-state index in [1.165, 1.54) is 6.92 Å². The van der Waals surface area contributed by atoms with E-state index in [-0.39, 0.29) is 28.9 Å². The highest BCUT2D eigenvalue weighted by atomic mass is 32.1. The van der Waals surface area contributed by atoms with Gasteiger partial charge < -0.3 is 5.73 Å². The molecule has 0 amide bonds. The maximum atomic E-state index is 12.8. The summed E-state index contributed by atoms with van der Waals surface area (Å²) in [6, 6.07) is 1.25. The molecule has 0 aliphatic rings. The summed E-state index contributed by atoms with van der Waals surface area (Å²) < 4.78 is 76.5. The smallest absolute Gasteiger partial charge is 0.375 e. The summed E-state index contributed by atoms with van der Waals surface area (Å²) >= 11 is 4.48. The first-order valence-corrected chi connectivity index (χ1v) is 6.27. The van der Waals surface area contributed by atoms with E-state index in [1.54, 1.807) is 0 Å². The van der Waals surface area contributed by atoms with Crippen LogP contribution in [-0.2, 0) is 12.4 Å². The van der Waals surface area contributed by atoms with Crippen LogP contribution in [0.15, 0.2) is 23.3 Å². The predicted octanol–water partition coefficient (Wildman–Crippen LogP) is 3.67. The number of rotatable bonds is 3. The Bertz CT molecular complexity index is 559. The van der Waals surface area contributed by atoms with Crippen LogP contribution >= 0.6 is 12.2 Å². The molecule has 1 aromatic carbocycles. The van der Waals surface area contributed by atoms with Crippen LogP contribution in [0.5, 0.6) is 0 Å². The van der Waals surface area contributed by atoms with Gasteiger partial charge >= 0.3 is 12.4 Å². The molecule has 0 aliphatic heterocycles. The van der Waals surface area contributed by atoms with Crippen molar-refractivity contribution in [3.05, 3.63) is 34.9 Å². The third kappa shape index (κ3) is 4.86. The molecule has 0 bridgehead atoms. The number of nitrogens with one attached hydrogen (secondary N) is 1. The fourth-order valence-corrected chi connectivity index (χ4v) is 1.64. The second kappa shape index (κ2) is 6.51. The van der Waals surface area contributed by atoms with Gasteiger partial charge in [0, 0.05) is 0 Å². The minimum absolute atomic E-state index is 0.0376. The predicted molar refractivity (Wildman–Crippen MR) is 73.2 cm³/mol. The van der Waals surface area contributed by atoms with Gasteiger partial charge in [0.15, 0.2) is 5.11 Å². The Hall–Kier alpha value is -1.84. The Kier molecular flexibility index (Phi) is 5.39. The van der Waals surface area contributed by atoms with E-state index in [1.807, 2.05) is 0 Å². The van der Waals surface area contributed by atoms with Crippen LogP contribution in [0.2, 0.25) is 0 Å². The average Bonchev–Trinajstić information content (AvgIpc) is 2.36. The van der Waals surface area contributed by atoms with Crippen molar-refractivity contribution in [1.82, 2.24) is 5.43 Å². The Morgan fingerprint density at radius 3 is 1.86 bits per heavy atom. The fourth-order valence-electron chi connectivity index (χ4n) is 1.59. The topological polar surface area (TPSA) is 50.4 Å². The first-order chi connectivity index (χ1) is 9.95.